The lowest BCUT2D eigenvalue weighted by Gasteiger charge is -2.36. The van der Waals surface area contributed by atoms with Crippen molar-refractivity contribution < 1.29 is 22.7 Å². The van der Waals surface area contributed by atoms with Gasteiger partial charge in [-0.15, -0.1) is 0 Å². The molecule has 162 valence electrons. The van der Waals surface area contributed by atoms with Crippen LogP contribution in [0.2, 0.25) is 0 Å². The SMILES string of the molecule is Nc1nc2cc(F)c(C(=O)N3CCCC4Oc5cc(F)c(F)cc5C43)cc2n2cncc12. The lowest BCUT2D eigenvalue weighted by Crippen LogP contribution is -2.44. The lowest BCUT2D eigenvalue weighted by molar-refractivity contribution is 0.0361. The Balaban J connectivity index is 1.47. The van der Waals surface area contributed by atoms with Gasteiger partial charge in [0.15, 0.2) is 11.6 Å². The Morgan fingerprint density at radius 1 is 1.09 bits per heavy atom. The highest BCUT2D eigenvalue weighted by molar-refractivity contribution is 5.99. The number of carbonyl (C=O) groups excluding carboxylic acids is 1. The molecule has 7 nitrogen and oxygen atoms in total. The Kier molecular flexibility index (Phi) is 3.89. The predicted octanol–water partition coefficient (Wildman–Crippen LogP) is 3.62. The number of aromatic nitrogens is 3. The van der Waals surface area contributed by atoms with E-state index in [9.17, 15) is 13.6 Å². The zero-order valence-corrected chi connectivity index (χ0v) is 16.6. The Hall–Kier alpha value is -3.82. The van der Waals surface area contributed by atoms with Crippen molar-refractivity contribution in [2.75, 3.05) is 12.3 Å². The molecule has 1 amide bonds. The van der Waals surface area contributed by atoms with Gasteiger partial charge >= 0.3 is 0 Å². The minimum Gasteiger partial charge on any atom is -0.487 e. The fourth-order valence-corrected chi connectivity index (χ4v) is 4.74. The van der Waals surface area contributed by atoms with E-state index in [4.69, 9.17) is 10.5 Å². The molecular weight excluding hydrogens is 423 g/mol. The Morgan fingerprint density at radius 2 is 1.91 bits per heavy atom. The molecule has 32 heavy (non-hydrogen) atoms. The monoisotopic (exact) mass is 439 g/mol. The second-order valence-electron chi connectivity index (χ2n) is 8.01. The average molecular weight is 439 g/mol. The molecule has 2 aromatic heterocycles. The van der Waals surface area contributed by atoms with Crippen molar-refractivity contribution in [3.8, 4) is 5.75 Å². The lowest BCUT2D eigenvalue weighted by atomic mass is 9.93. The smallest absolute Gasteiger partial charge is 0.257 e. The minimum absolute atomic E-state index is 0.157. The highest BCUT2D eigenvalue weighted by Crippen LogP contribution is 2.45. The highest BCUT2D eigenvalue weighted by atomic mass is 19.2. The molecule has 1 fully saturated rings. The van der Waals surface area contributed by atoms with Gasteiger partial charge in [-0.1, -0.05) is 0 Å². The summed E-state index contributed by atoms with van der Waals surface area (Å²) in [6.07, 6.45) is 3.82. The molecule has 0 radical (unpaired) electrons. The third-order valence-electron chi connectivity index (χ3n) is 6.18. The van der Waals surface area contributed by atoms with Crippen LogP contribution >= 0.6 is 0 Å². The van der Waals surface area contributed by atoms with Gasteiger partial charge in [-0.25, -0.2) is 23.1 Å². The van der Waals surface area contributed by atoms with Crippen molar-refractivity contribution in [2.24, 2.45) is 0 Å². The minimum atomic E-state index is -1.02. The van der Waals surface area contributed by atoms with Crippen molar-refractivity contribution in [2.45, 2.75) is 25.0 Å². The summed E-state index contributed by atoms with van der Waals surface area (Å²) in [5, 5.41) is 0. The number of carbonyl (C=O) groups is 1. The van der Waals surface area contributed by atoms with E-state index in [0.717, 1.165) is 18.2 Å². The van der Waals surface area contributed by atoms with Gasteiger partial charge in [-0.3, -0.25) is 9.20 Å². The first-order valence-electron chi connectivity index (χ1n) is 10.1. The van der Waals surface area contributed by atoms with Crippen molar-refractivity contribution in [3.63, 3.8) is 0 Å². The van der Waals surface area contributed by atoms with E-state index < -0.39 is 35.5 Å². The molecule has 2 unspecified atom stereocenters. The summed E-state index contributed by atoms with van der Waals surface area (Å²) in [5.74, 6) is -2.95. The number of likely N-dealkylation sites (tertiary alicyclic amines) is 1. The predicted molar refractivity (Wildman–Crippen MR) is 109 cm³/mol. The van der Waals surface area contributed by atoms with E-state index in [0.29, 0.717) is 36.0 Å². The number of halogens is 3. The Labute approximate surface area is 179 Å². The fourth-order valence-electron chi connectivity index (χ4n) is 4.74. The molecule has 2 aliphatic rings. The maximum Gasteiger partial charge on any atom is 0.257 e. The van der Waals surface area contributed by atoms with E-state index in [2.05, 4.69) is 9.97 Å². The van der Waals surface area contributed by atoms with Gasteiger partial charge in [0.05, 0.1) is 35.2 Å². The van der Waals surface area contributed by atoms with Gasteiger partial charge in [0.1, 0.15) is 29.0 Å². The van der Waals surface area contributed by atoms with Gasteiger partial charge < -0.3 is 15.4 Å². The van der Waals surface area contributed by atoms with Crippen LogP contribution in [0, 0.1) is 17.5 Å². The van der Waals surface area contributed by atoms with Crippen LogP contribution in [0.4, 0.5) is 19.0 Å². The number of amides is 1. The van der Waals surface area contributed by atoms with Crippen LogP contribution in [-0.4, -0.2) is 37.8 Å². The summed E-state index contributed by atoms with van der Waals surface area (Å²) in [7, 11) is 0. The van der Waals surface area contributed by atoms with E-state index in [1.54, 1.807) is 4.40 Å². The van der Waals surface area contributed by atoms with Crippen LogP contribution in [-0.2, 0) is 0 Å². The largest absolute Gasteiger partial charge is 0.487 e. The molecule has 0 bridgehead atoms. The first-order chi connectivity index (χ1) is 15.4. The molecule has 10 heteroatoms. The number of ether oxygens (including phenoxy) is 1. The van der Waals surface area contributed by atoms with Crippen molar-refractivity contribution >= 4 is 28.3 Å². The molecule has 6 rings (SSSR count). The summed E-state index contributed by atoms with van der Waals surface area (Å²) in [6.45, 7) is 0.333. The first kappa shape index (κ1) is 18.9. The molecule has 4 heterocycles. The molecule has 2 atom stereocenters. The number of nitrogen functional groups attached to an aromatic ring is 1. The quantitative estimate of drug-likeness (QED) is 0.490. The van der Waals surface area contributed by atoms with Crippen LogP contribution in [0.15, 0.2) is 36.8 Å². The number of anilines is 1. The van der Waals surface area contributed by atoms with Crippen LogP contribution in [0.25, 0.3) is 16.6 Å². The van der Waals surface area contributed by atoms with Gasteiger partial charge in [-0.05, 0) is 25.0 Å². The third-order valence-corrected chi connectivity index (χ3v) is 6.18. The third kappa shape index (κ3) is 2.58. The topological polar surface area (TPSA) is 85.8 Å². The maximum atomic E-state index is 15.0. The molecule has 2 N–H and O–H groups in total. The number of nitrogens with zero attached hydrogens (tertiary/aromatic N) is 4. The van der Waals surface area contributed by atoms with Crippen LogP contribution < -0.4 is 10.5 Å². The molecule has 0 spiro atoms. The highest BCUT2D eigenvalue weighted by Gasteiger charge is 2.44. The summed E-state index contributed by atoms with van der Waals surface area (Å²) in [4.78, 5) is 23.2. The second kappa shape index (κ2) is 6.59. The molecular formula is C22H16F3N5O2. The molecule has 2 aromatic carbocycles. The number of piperidine rings is 1. The van der Waals surface area contributed by atoms with Crippen LogP contribution in [0.5, 0.6) is 5.75 Å². The van der Waals surface area contributed by atoms with Gasteiger partial charge in [0, 0.05) is 24.2 Å². The molecule has 0 aliphatic carbocycles. The fraction of sp³-hybridized carbons (Fsp3) is 0.227. The first-order valence-corrected chi connectivity index (χ1v) is 10.1. The number of hydrogen-bond acceptors (Lipinski definition) is 5. The maximum absolute atomic E-state index is 15.0. The summed E-state index contributed by atoms with van der Waals surface area (Å²) < 4.78 is 50.1. The van der Waals surface area contributed by atoms with Gasteiger partial charge in [0.25, 0.3) is 5.91 Å². The molecule has 1 saturated heterocycles. The van der Waals surface area contributed by atoms with E-state index in [1.165, 1.54) is 23.5 Å². The second-order valence-corrected chi connectivity index (χ2v) is 8.01. The van der Waals surface area contributed by atoms with Gasteiger partial charge in [0.2, 0.25) is 0 Å². The van der Waals surface area contributed by atoms with E-state index in [-0.39, 0.29) is 22.6 Å². The van der Waals surface area contributed by atoms with Crippen molar-refractivity contribution in [1.29, 1.82) is 0 Å². The Bertz CT molecular complexity index is 1440. The van der Waals surface area contributed by atoms with Crippen LogP contribution in [0.1, 0.15) is 34.8 Å². The van der Waals surface area contributed by atoms with Crippen molar-refractivity contribution in [1.82, 2.24) is 19.3 Å². The zero-order chi connectivity index (χ0) is 22.1. The number of imidazole rings is 1. The molecule has 2 aliphatic heterocycles. The van der Waals surface area contributed by atoms with Gasteiger partial charge in [-0.2, -0.15) is 0 Å². The standard InChI is InChI=1S/C22H16F3N5O2/c23-12-6-15-16(30-9-27-8-17(30)21(26)28-15)5-10(12)22(31)29-3-1-2-18-20(29)11-4-13(24)14(25)7-19(11)32-18/h4-9,18,20H,1-3H2,(H2,26,28). The number of hydrogen-bond donors (Lipinski definition) is 1. The zero-order valence-electron chi connectivity index (χ0n) is 16.6. The van der Waals surface area contributed by atoms with E-state index in [1.807, 2.05) is 0 Å². The number of fused-ring (bicyclic) bond motifs is 6. The van der Waals surface area contributed by atoms with Crippen molar-refractivity contribution in [3.05, 3.63) is 65.4 Å². The van der Waals surface area contributed by atoms with E-state index >= 15 is 4.39 Å². The summed E-state index contributed by atoms with van der Waals surface area (Å²) in [6, 6.07) is 4.00. The normalized spacial score (nSPS) is 19.8. The molecule has 0 saturated carbocycles. The molecule has 4 aromatic rings. The summed E-state index contributed by atoms with van der Waals surface area (Å²) in [5.41, 5.74) is 7.44. The Morgan fingerprint density at radius 3 is 2.75 bits per heavy atom. The average Bonchev–Trinajstić information content (AvgIpc) is 3.39. The number of rotatable bonds is 1. The van der Waals surface area contributed by atoms with Crippen LogP contribution in [0.3, 0.4) is 0 Å². The number of nitrogens with two attached hydrogens (primary N) is 1. The number of benzene rings is 2. The summed E-state index contributed by atoms with van der Waals surface area (Å²) >= 11 is 0.